The third-order valence-electron chi connectivity index (χ3n) is 5.49. The van der Waals surface area contributed by atoms with Crippen LogP contribution in [0.2, 0.25) is 5.02 Å². The molecule has 0 saturated carbocycles. The van der Waals surface area contributed by atoms with Crippen LogP contribution in [0.15, 0.2) is 47.6 Å². The zero-order chi connectivity index (χ0) is 24.7. The first kappa shape index (κ1) is 25.5. The molecule has 180 valence electrons. The van der Waals surface area contributed by atoms with Crippen molar-refractivity contribution in [3.63, 3.8) is 0 Å². The largest absolute Gasteiger partial charge is 0.489 e. The van der Waals surface area contributed by atoms with Gasteiger partial charge in [-0.15, -0.1) is 0 Å². The number of amides is 1. The molecule has 1 aliphatic heterocycles. The molecule has 2 aromatic carbocycles. The molecule has 3 rings (SSSR count). The van der Waals surface area contributed by atoms with Crippen molar-refractivity contribution in [3.8, 4) is 11.8 Å². The summed E-state index contributed by atoms with van der Waals surface area (Å²) in [5.74, 6) is 0.378. The molecular weight excluding hydrogens is 454 g/mol. The van der Waals surface area contributed by atoms with E-state index >= 15 is 0 Å². The Morgan fingerprint density at radius 2 is 2.06 bits per heavy atom. The molecule has 0 aliphatic carbocycles. The number of aliphatic hydroxyl groups excluding tert-OH is 1. The van der Waals surface area contributed by atoms with Crippen molar-refractivity contribution in [2.75, 3.05) is 25.0 Å². The van der Waals surface area contributed by atoms with Gasteiger partial charge in [0.15, 0.2) is 0 Å². The average molecular weight is 484 g/mol. The fraction of sp³-hybridized carbons (Fsp3) is 0.400. The van der Waals surface area contributed by atoms with Gasteiger partial charge in [-0.3, -0.25) is 4.79 Å². The van der Waals surface area contributed by atoms with Crippen LogP contribution in [0.4, 0.5) is 5.69 Å². The summed E-state index contributed by atoms with van der Waals surface area (Å²) in [6.45, 7) is 7.05. The first-order valence-electron chi connectivity index (χ1n) is 11.1. The third kappa shape index (κ3) is 7.19. The van der Waals surface area contributed by atoms with Crippen LogP contribution in [0, 0.1) is 17.2 Å². The van der Waals surface area contributed by atoms with Crippen LogP contribution in [0.1, 0.15) is 38.3 Å². The first-order valence-corrected chi connectivity index (χ1v) is 11.5. The van der Waals surface area contributed by atoms with Gasteiger partial charge in [-0.25, -0.2) is 5.43 Å². The lowest BCUT2D eigenvalue weighted by molar-refractivity contribution is -0.121. The van der Waals surface area contributed by atoms with Crippen molar-refractivity contribution in [1.82, 2.24) is 10.7 Å². The molecule has 9 heteroatoms. The molecule has 0 bridgehead atoms. The van der Waals surface area contributed by atoms with Crippen molar-refractivity contribution >= 4 is 28.9 Å². The number of hydrogen-bond donors (Lipinski definition) is 4. The van der Waals surface area contributed by atoms with Gasteiger partial charge in [0.2, 0.25) is 5.91 Å². The van der Waals surface area contributed by atoms with Gasteiger partial charge in [0.1, 0.15) is 24.5 Å². The molecule has 0 radical (unpaired) electrons. The van der Waals surface area contributed by atoms with Crippen LogP contribution >= 0.6 is 11.6 Å². The van der Waals surface area contributed by atoms with E-state index in [1.165, 1.54) is 0 Å². The van der Waals surface area contributed by atoms with E-state index in [1.54, 1.807) is 18.2 Å². The number of anilines is 1. The molecule has 34 heavy (non-hydrogen) atoms. The molecule has 8 nitrogen and oxygen atoms in total. The quantitative estimate of drug-likeness (QED) is 0.411. The van der Waals surface area contributed by atoms with Crippen LogP contribution in [0.3, 0.4) is 0 Å². The Morgan fingerprint density at radius 1 is 1.32 bits per heavy atom. The number of hydrogen-bond acceptors (Lipinski definition) is 7. The summed E-state index contributed by atoms with van der Waals surface area (Å²) in [7, 11) is 0. The van der Waals surface area contributed by atoms with Crippen molar-refractivity contribution in [3.05, 3.63) is 58.6 Å². The number of ether oxygens (including phenoxy) is 1. The molecule has 1 aliphatic rings. The van der Waals surface area contributed by atoms with Crippen LogP contribution in [-0.2, 0) is 4.79 Å². The third-order valence-corrected chi connectivity index (χ3v) is 5.72. The highest BCUT2D eigenvalue weighted by atomic mass is 35.5. The monoisotopic (exact) mass is 483 g/mol. The summed E-state index contributed by atoms with van der Waals surface area (Å²) < 4.78 is 5.59. The lowest BCUT2D eigenvalue weighted by Crippen LogP contribution is -2.49. The second-order valence-electron chi connectivity index (χ2n) is 9.05. The molecule has 1 amide bonds. The Bertz CT molecular complexity index is 1080. The van der Waals surface area contributed by atoms with Crippen LogP contribution < -0.4 is 20.8 Å². The minimum Gasteiger partial charge on any atom is -0.489 e. The van der Waals surface area contributed by atoms with E-state index in [4.69, 9.17) is 21.6 Å². The number of nitriles is 1. The number of β-amino-alcohol motifs (C(OH)–C–C–N with tert-alkyl or cyclic N) is 1. The Morgan fingerprint density at radius 3 is 2.74 bits per heavy atom. The van der Waals surface area contributed by atoms with Gasteiger partial charge in [-0.1, -0.05) is 30.7 Å². The van der Waals surface area contributed by atoms with Gasteiger partial charge < -0.3 is 20.5 Å². The van der Waals surface area contributed by atoms with E-state index in [0.29, 0.717) is 35.8 Å². The molecular formula is C25H30ClN5O3. The van der Waals surface area contributed by atoms with Crippen LogP contribution in [0.5, 0.6) is 5.75 Å². The van der Waals surface area contributed by atoms with Crippen LogP contribution in [-0.4, -0.2) is 48.1 Å². The predicted octanol–water partition coefficient (Wildman–Crippen LogP) is 3.29. The molecule has 0 spiro atoms. The highest BCUT2D eigenvalue weighted by Gasteiger charge is 2.22. The SMILES string of the molecule is CC1CC(=O)NN=C1c1ccc(NCC(C)(C)NCC(O)COc2cc(Cl)ccc2C#N)cc1. The second kappa shape index (κ2) is 11.3. The average Bonchev–Trinajstić information content (AvgIpc) is 2.81. The molecule has 2 atom stereocenters. The molecule has 4 N–H and O–H groups in total. The van der Waals surface area contributed by atoms with Crippen molar-refractivity contribution in [1.29, 1.82) is 5.26 Å². The van der Waals surface area contributed by atoms with E-state index in [0.717, 1.165) is 17.0 Å². The van der Waals surface area contributed by atoms with Gasteiger partial charge >= 0.3 is 0 Å². The summed E-state index contributed by atoms with van der Waals surface area (Å²) in [4.78, 5) is 11.4. The standard InChI is InChI=1S/C25H30ClN5O3/c1-16-10-23(33)30-31-24(16)17-5-8-20(9-6-17)28-15-25(2,3)29-13-21(32)14-34-22-11-19(26)7-4-18(22)12-27/h4-9,11,16,21,28-29,32H,10,13-15H2,1-3H3,(H,30,33). The summed E-state index contributed by atoms with van der Waals surface area (Å²) in [6.07, 6.45) is -0.323. The number of hydrazone groups is 1. The van der Waals surface area contributed by atoms with E-state index in [2.05, 4.69) is 21.2 Å². The topological polar surface area (TPSA) is 119 Å². The zero-order valence-corrected chi connectivity index (χ0v) is 20.3. The Hall–Kier alpha value is -3.12. The van der Waals surface area contributed by atoms with E-state index < -0.39 is 6.10 Å². The fourth-order valence-corrected chi connectivity index (χ4v) is 3.66. The summed E-state index contributed by atoms with van der Waals surface area (Å²) >= 11 is 5.96. The van der Waals surface area contributed by atoms with Crippen LogP contribution in [0.25, 0.3) is 0 Å². The Labute approximate surface area is 205 Å². The highest BCUT2D eigenvalue weighted by molar-refractivity contribution is 6.30. The van der Waals surface area contributed by atoms with Gasteiger partial charge in [-0.2, -0.15) is 10.4 Å². The van der Waals surface area contributed by atoms with E-state index in [-0.39, 0.29) is 24.0 Å². The van der Waals surface area contributed by atoms with Crippen molar-refractivity contribution < 1.29 is 14.6 Å². The predicted molar refractivity (Wildman–Crippen MR) is 133 cm³/mol. The molecule has 2 unspecified atom stereocenters. The number of carbonyl (C=O) groups excluding carboxylic acids is 1. The Balaban J connectivity index is 1.46. The smallest absolute Gasteiger partial charge is 0.240 e. The lowest BCUT2D eigenvalue weighted by Gasteiger charge is -2.28. The lowest BCUT2D eigenvalue weighted by atomic mass is 9.94. The molecule has 0 aromatic heterocycles. The van der Waals surface area contributed by atoms with Gasteiger partial charge in [0.05, 0.1) is 11.3 Å². The molecule has 1 heterocycles. The number of benzene rings is 2. The number of nitrogens with one attached hydrogen (secondary N) is 3. The molecule has 2 aromatic rings. The Kier molecular flexibility index (Phi) is 8.51. The fourth-order valence-electron chi connectivity index (χ4n) is 3.49. The van der Waals surface area contributed by atoms with Crippen molar-refractivity contribution in [2.24, 2.45) is 11.0 Å². The zero-order valence-electron chi connectivity index (χ0n) is 19.6. The van der Waals surface area contributed by atoms with E-state index in [9.17, 15) is 9.90 Å². The number of rotatable bonds is 10. The van der Waals surface area contributed by atoms with Gasteiger partial charge in [0, 0.05) is 47.7 Å². The minimum absolute atomic E-state index is 0.0375. The summed E-state index contributed by atoms with van der Waals surface area (Å²) in [5, 5.41) is 30.9. The highest BCUT2D eigenvalue weighted by Crippen LogP contribution is 2.23. The second-order valence-corrected chi connectivity index (χ2v) is 9.49. The number of aliphatic hydroxyl groups is 1. The first-order chi connectivity index (χ1) is 16.2. The summed E-state index contributed by atoms with van der Waals surface area (Å²) in [5.41, 5.74) is 5.43. The van der Waals surface area contributed by atoms with E-state index in [1.807, 2.05) is 51.1 Å². The number of halogens is 1. The summed E-state index contributed by atoms with van der Waals surface area (Å²) in [6, 6.07) is 14.8. The number of nitrogens with zero attached hydrogens (tertiary/aromatic N) is 2. The molecule has 0 fully saturated rings. The van der Waals surface area contributed by atoms with Crippen molar-refractivity contribution in [2.45, 2.75) is 38.8 Å². The number of carbonyl (C=O) groups is 1. The molecule has 0 saturated heterocycles. The van der Waals surface area contributed by atoms with Gasteiger partial charge in [-0.05, 0) is 43.7 Å². The maximum atomic E-state index is 11.4. The normalized spacial score (nSPS) is 16.8. The van der Waals surface area contributed by atoms with Gasteiger partial charge in [0.25, 0.3) is 0 Å². The maximum Gasteiger partial charge on any atom is 0.240 e. The minimum atomic E-state index is -0.761. The maximum absolute atomic E-state index is 11.4.